The second-order valence-electron chi connectivity index (χ2n) is 4.85. The third kappa shape index (κ3) is 4.31. The van der Waals surface area contributed by atoms with Crippen molar-refractivity contribution in [2.75, 3.05) is 26.9 Å². The molecule has 0 atom stereocenters. The summed E-state index contributed by atoms with van der Waals surface area (Å²) in [5.74, 6) is 1.25. The summed E-state index contributed by atoms with van der Waals surface area (Å²) in [4.78, 5) is 4.34. The quantitative estimate of drug-likeness (QED) is 0.682. The molecule has 9 heteroatoms. The monoisotopic (exact) mass is 355 g/mol. The van der Waals surface area contributed by atoms with Crippen LogP contribution in [0.5, 0.6) is 5.75 Å². The minimum Gasteiger partial charge on any atom is -0.493 e. The van der Waals surface area contributed by atoms with Gasteiger partial charge in [-0.25, -0.2) is 13.1 Å². The van der Waals surface area contributed by atoms with E-state index in [0.717, 1.165) is 0 Å². The lowest BCUT2D eigenvalue weighted by Gasteiger charge is -2.11. The van der Waals surface area contributed by atoms with Gasteiger partial charge in [-0.05, 0) is 25.1 Å². The second-order valence-corrected chi connectivity index (χ2v) is 6.62. The minimum atomic E-state index is -3.67. The third-order valence-electron chi connectivity index (χ3n) is 3.17. The van der Waals surface area contributed by atoms with E-state index in [2.05, 4.69) is 14.9 Å². The Morgan fingerprint density at radius 1 is 1.29 bits per heavy atom. The van der Waals surface area contributed by atoms with Crippen molar-refractivity contribution in [1.29, 1.82) is 0 Å². The molecular weight excluding hydrogens is 334 g/mol. The molecule has 0 radical (unpaired) electrons. The van der Waals surface area contributed by atoms with E-state index in [1.807, 2.05) is 13.8 Å². The molecule has 0 aliphatic carbocycles. The summed E-state index contributed by atoms with van der Waals surface area (Å²) in [5.41, 5.74) is 0.443. The SMILES string of the molecule is CCOc1ccc(S(=O)(=O)NCCOC)cc1-c1nc(CC)no1. The molecule has 0 bridgehead atoms. The first-order valence-corrected chi connectivity index (χ1v) is 9.08. The van der Waals surface area contributed by atoms with E-state index in [-0.39, 0.29) is 23.9 Å². The molecular formula is C15H21N3O5S. The van der Waals surface area contributed by atoms with Crippen LogP contribution in [0.4, 0.5) is 0 Å². The Hall–Kier alpha value is -1.97. The maximum Gasteiger partial charge on any atom is 0.261 e. The Morgan fingerprint density at radius 2 is 2.08 bits per heavy atom. The van der Waals surface area contributed by atoms with Crippen LogP contribution in [-0.2, 0) is 21.2 Å². The molecule has 0 saturated heterocycles. The van der Waals surface area contributed by atoms with Gasteiger partial charge in [-0.3, -0.25) is 0 Å². The van der Waals surface area contributed by atoms with Gasteiger partial charge in [0, 0.05) is 20.1 Å². The molecule has 2 rings (SSSR count). The fourth-order valence-corrected chi connectivity index (χ4v) is 3.03. The molecule has 0 fully saturated rings. The predicted molar refractivity (Wildman–Crippen MR) is 87.3 cm³/mol. The molecule has 0 amide bonds. The fourth-order valence-electron chi connectivity index (χ4n) is 1.99. The van der Waals surface area contributed by atoms with E-state index < -0.39 is 10.0 Å². The molecule has 24 heavy (non-hydrogen) atoms. The van der Waals surface area contributed by atoms with Crippen LogP contribution in [0.25, 0.3) is 11.5 Å². The number of sulfonamides is 1. The Bertz CT molecular complexity index is 773. The number of benzene rings is 1. The van der Waals surface area contributed by atoms with Crippen molar-refractivity contribution in [2.24, 2.45) is 0 Å². The number of hydrogen-bond acceptors (Lipinski definition) is 7. The molecule has 0 aliphatic heterocycles. The highest BCUT2D eigenvalue weighted by molar-refractivity contribution is 7.89. The number of nitrogens with zero attached hydrogens (tertiary/aromatic N) is 2. The maximum absolute atomic E-state index is 12.3. The summed E-state index contributed by atoms with van der Waals surface area (Å²) in [6, 6.07) is 4.52. The van der Waals surface area contributed by atoms with Crippen molar-refractivity contribution in [3.63, 3.8) is 0 Å². The molecule has 0 aliphatic rings. The highest BCUT2D eigenvalue weighted by atomic mass is 32.2. The molecule has 1 aromatic heterocycles. The lowest BCUT2D eigenvalue weighted by molar-refractivity contribution is 0.204. The second kappa shape index (κ2) is 8.22. The zero-order valence-electron chi connectivity index (χ0n) is 13.9. The van der Waals surface area contributed by atoms with Crippen LogP contribution in [0, 0.1) is 0 Å². The van der Waals surface area contributed by atoms with E-state index in [0.29, 0.717) is 30.2 Å². The summed E-state index contributed by atoms with van der Waals surface area (Å²) in [6.07, 6.45) is 0.615. The molecule has 8 nitrogen and oxygen atoms in total. The van der Waals surface area contributed by atoms with Crippen molar-refractivity contribution < 1.29 is 22.4 Å². The first kappa shape index (κ1) is 18.4. The smallest absolute Gasteiger partial charge is 0.261 e. The summed E-state index contributed by atoms with van der Waals surface area (Å²) in [6.45, 7) is 4.64. The van der Waals surface area contributed by atoms with Crippen molar-refractivity contribution >= 4 is 10.0 Å². The van der Waals surface area contributed by atoms with Crippen molar-refractivity contribution in [3.05, 3.63) is 24.0 Å². The van der Waals surface area contributed by atoms with Gasteiger partial charge < -0.3 is 14.0 Å². The van der Waals surface area contributed by atoms with Gasteiger partial charge in [-0.2, -0.15) is 4.98 Å². The van der Waals surface area contributed by atoms with Gasteiger partial charge in [-0.1, -0.05) is 12.1 Å². The normalized spacial score (nSPS) is 11.6. The molecule has 132 valence electrons. The maximum atomic E-state index is 12.3. The summed E-state index contributed by atoms with van der Waals surface area (Å²) >= 11 is 0. The fraction of sp³-hybridized carbons (Fsp3) is 0.467. The number of nitrogens with one attached hydrogen (secondary N) is 1. The van der Waals surface area contributed by atoms with Crippen LogP contribution < -0.4 is 9.46 Å². The van der Waals surface area contributed by atoms with Gasteiger partial charge in [0.25, 0.3) is 5.89 Å². The molecule has 1 heterocycles. The molecule has 0 saturated carbocycles. The van der Waals surface area contributed by atoms with E-state index >= 15 is 0 Å². The Labute approximate surface area is 141 Å². The van der Waals surface area contributed by atoms with E-state index in [4.69, 9.17) is 14.0 Å². The zero-order valence-corrected chi connectivity index (χ0v) is 14.7. The molecule has 0 spiro atoms. The van der Waals surface area contributed by atoms with Crippen LogP contribution in [-0.4, -0.2) is 45.4 Å². The number of methoxy groups -OCH3 is 1. The van der Waals surface area contributed by atoms with Crippen LogP contribution in [0.2, 0.25) is 0 Å². The molecule has 2 aromatic rings. The van der Waals surface area contributed by atoms with Gasteiger partial charge in [0.15, 0.2) is 5.82 Å². The lowest BCUT2D eigenvalue weighted by Crippen LogP contribution is -2.27. The Balaban J connectivity index is 2.40. The predicted octanol–water partition coefficient (Wildman–Crippen LogP) is 1.62. The largest absolute Gasteiger partial charge is 0.493 e. The van der Waals surface area contributed by atoms with Crippen molar-refractivity contribution in [3.8, 4) is 17.2 Å². The summed E-state index contributed by atoms with van der Waals surface area (Å²) in [5, 5.41) is 3.84. The number of rotatable bonds is 9. The van der Waals surface area contributed by atoms with Gasteiger partial charge in [0.05, 0.1) is 23.7 Å². The number of hydrogen-bond donors (Lipinski definition) is 1. The molecule has 1 aromatic carbocycles. The van der Waals surface area contributed by atoms with E-state index in [1.165, 1.54) is 19.2 Å². The average Bonchev–Trinajstić information content (AvgIpc) is 3.04. The molecule has 0 unspecified atom stereocenters. The number of aromatic nitrogens is 2. The Morgan fingerprint density at radius 3 is 2.71 bits per heavy atom. The first-order chi connectivity index (χ1) is 11.5. The van der Waals surface area contributed by atoms with Gasteiger partial charge >= 0.3 is 0 Å². The van der Waals surface area contributed by atoms with Crippen LogP contribution in [0.15, 0.2) is 27.6 Å². The van der Waals surface area contributed by atoms with Crippen molar-refractivity contribution in [2.45, 2.75) is 25.2 Å². The lowest BCUT2D eigenvalue weighted by atomic mass is 10.2. The standard InChI is InChI=1S/C15H21N3O5S/c1-4-14-17-15(23-18-14)12-10-11(6-7-13(12)22-5-2)24(19,20)16-8-9-21-3/h6-7,10,16H,4-5,8-9H2,1-3H3. The zero-order chi connectivity index (χ0) is 17.6. The van der Waals surface area contributed by atoms with Gasteiger partial charge in [-0.15, -0.1) is 0 Å². The van der Waals surface area contributed by atoms with E-state index in [9.17, 15) is 8.42 Å². The summed E-state index contributed by atoms with van der Waals surface area (Å²) in [7, 11) is -2.16. The first-order valence-electron chi connectivity index (χ1n) is 7.60. The van der Waals surface area contributed by atoms with Gasteiger partial charge in [0.1, 0.15) is 5.75 Å². The highest BCUT2D eigenvalue weighted by Crippen LogP contribution is 2.31. The van der Waals surface area contributed by atoms with Crippen LogP contribution >= 0.6 is 0 Å². The highest BCUT2D eigenvalue weighted by Gasteiger charge is 2.20. The number of ether oxygens (including phenoxy) is 2. The average molecular weight is 355 g/mol. The minimum absolute atomic E-state index is 0.0910. The molecule has 1 N–H and O–H groups in total. The van der Waals surface area contributed by atoms with Crippen LogP contribution in [0.1, 0.15) is 19.7 Å². The van der Waals surface area contributed by atoms with Gasteiger partial charge in [0.2, 0.25) is 10.0 Å². The van der Waals surface area contributed by atoms with Crippen molar-refractivity contribution in [1.82, 2.24) is 14.9 Å². The summed E-state index contributed by atoms with van der Waals surface area (Å²) < 4.78 is 42.8. The van der Waals surface area contributed by atoms with E-state index in [1.54, 1.807) is 6.07 Å². The van der Waals surface area contributed by atoms with Crippen LogP contribution in [0.3, 0.4) is 0 Å². The Kier molecular flexibility index (Phi) is 6.29. The third-order valence-corrected chi connectivity index (χ3v) is 4.63. The topological polar surface area (TPSA) is 104 Å². The number of aryl methyl sites for hydroxylation is 1.